The number of carbonyl (C=O) groups excluding carboxylic acids is 3. The zero-order valence-electron chi connectivity index (χ0n) is 19.4. The summed E-state index contributed by atoms with van der Waals surface area (Å²) in [7, 11) is 1.52. The molecule has 3 rings (SSSR count). The van der Waals surface area contributed by atoms with Gasteiger partial charge in [-0.05, 0) is 55.8 Å². The minimum absolute atomic E-state index is 0.308. The van der Waals surface area contributed by atoms with E-state index in [2.05, 4.69) is 16.0 Å². The van der Waals surface area contributed by atoms with Crippen LogP contribution >= 0.6 is 0 Å². The molecule has 8 nitrogen and oxygen atoms in total. The molecule has 3 N–H and O–H groups in total. The van der Waals surface area contributed by atoms with E-state index in [0.29, 0.717) is 22.8 Å². The molecule has 34 heavy (non-hydrogen) atoms. The molecule has 176 valence electrons. The van der Waals surface area contributed by atoms with Crippen molar-refractivity contribution in [3.63, 3.8) is 0 Å². The number of methoxy groups -OCH3 is 1. The van der Waals surface area contributed by atoms with Crippen LogP contribution in [-0.2, 0) is 9.59 Å². The maximum absolute atomic E-state index is 13.2. The van der Waals surface area contributed by atoms with E-state index in [1.807, 2.05) is 43.3 Å². The number of ether oxygens (including phenoxy) is 1. The zero-order chi connectivity index (χ0) is 24.5. The Morgan fingerprint density at radius 1 is 0.882 bits per heavy atom. The molecule has 3 aromatic rings. The van der Waals surface area contributed by atoms with Crippen molar-refractivity contribution in [2.75, 3.05) is 29.2 Å². The summed E-state index contributed by atoms with van der Waals surface area (Å²) in [6, 6.07) is 21.8. The number of hydrogen-bond donors (Lipinski definition) is 3. The van der Waals surface area contributed by atoms with Crippen molar-refractivity contribution in [1.82, 2.24) is 5.32 Å². The largest absolute Gasteiger partial charge is 0.497 e. The Morgan fingerprint density at radius 2 is 1.59 bits per heavy atom. The average Bonchev–Trinajstić information content (AvgIpc) is 2.83. The number of aryl methyl sites for hydroxylation is 1. The molecule has 0 aromatic heterocycles. The van der Waals surface area contributed by atoms with Gasteiger partial charge in [0.2, 0.25) is 11.8 Å². The number of hydrogen-bond acceptors (Lipinski definition) is 4. The van der Waals surface area contributed by atoms with Gasteiger partial charge in [0.1, 0.15) is 11.8 Å². The molecule has 0 fully saturated rings. The van der Waals surface area contributed by atoms with Crippen LogP contribution < -0.4 is 25.6 Å². The maximum atomic E-state index is 13.2. The third kappa shape index (κ3) is 6.59. The summed E-state index contributed by atoms with van der Waals surface area (Å²) in [6.45, 7) is 3.24. The van der Waals surface area contributed by atoms with Crippen molar-refractivity contribution in [3.8, 4) is 5.75 Å². The number of para-hydroxylation sites is 1. The lowest BCUT2D eigenvalue weighted by Gasteiger charge is -2.29. The predicted molar refractivity (Wildman–Crippen MR) is 133 cm³/mol. The van der Waals surface area contributed by atoms with E-state index in [1.54, 1.807) is 49.4 Å². The molecule has 8 heteroatoms. The lowest BCUT2D eigenvalue weighted by Crippen LogP contribution is -2.50. The van der Waals surface area contributed by atoms with Crippen molar-refractivity contribution in [3.05, 3.63) is 84.4 Å². The van der Waals surface area contributed by atoms with E-state index in [0.717, 1.165) is 5.56 Å². The van der Waals surface area contributed by atoms with Crippen LogP contribution in [0.25, 0.3) is 0 Å². The van der Waals surface area contributed by atoms with E-state index in [-0.39, 0.29) is 12.5 Å². The first kappa shape index (κ1) is 24.3. The third-order valence-electron chi connectivity index (χ3n) is 5.08. The first-order chi connectivity index (χ1) is 16.4. The molecule has 1 atom stereocenters. The quantitative estimate of drug-likeness (QED) is 0.469. The van der Waals surface area contributed by atoms with Gasteiger partial charge in [0.05, 0.1) is 13.7 Å². The topological polar surface area (TPSA) is 99.8 Å². The minimum atomic E-state index is -0.860. The Balaban J connectivity index is 1.74. The highest BCUT2D eigenvalue weighted by Crippen LogP contribution is 2.24. The highest BCUT2D eigenvalue weighted by Gasteiger charge is 2.28. The summed E-state index contributed by atoms with van der Waals surface area (Å²) < 4.78 is 5.28. The monoisotopic (exact) mass is 460 g/mol. The first-order valence-electron chi connectivity index (χ1n) is 10.8. The van der Waals surface area contributed by atoms with E-state index in [4.69, 9.17) is 4.74 Å². The molecule has 0 aliphatic rings. The molecule has 1 unspecified atom stereocenters. The fraction of sp³-hybridized carbons (Fsp3) is 0.192. The Morgan fingerprint density at radius 3 is 2.29 bits per heavy atom. The smallest absolute Gasteiger partial charge is 0.319 e. The molecular weight excluding hydrogens is 432 g/mol. The minimum Gasteiger partial charge on any atom is -0.497 e. The highest BCUT2D eigenvalue weighted by atomic mass is 16.5. The molecule has 0 spiro atoms. The molecule has 0 aliphatic heterocycles. The summed E-state index contributed by atoms with van der Waals surface area (Å²) in [6.07, 6.45) is 0. The van der Waals surface area contributed by atoms with Gasteiger partial charge >= 0.3 is 6.03 Å². The second kappa shape index (κ2) is 11.5. The van der Waals surface area contributed by atoms with Crippen molar-refractivity contribution in [2.24, 2.45) is 0 Å². The first-order valence-corrected chi connectivity index (χ1v) is 10.8. The summed E-state index contributed by atoms with van der Waals surface area (Å²) >= 11 is 0. The second-order valence-electron chi connectivity index (χ2n) is 7.67. The zero-order valence-corrected chi connectivity index (χ0v) is 19.4. The van der Waals surface area contributed by atoms with Crippen LogP contribution in [0.5, 0.6) is 5.75 Å². The van der Waals surface area contributed by atoms with Crippen molar-refractivity contribution >= 4 is 34.9 Å². The van der Waals surface area contributed by atoms with Crippen LogP contribution in [0.15, 0.2) is 78.9 Å². The van der Waals surface area contributed by atoms with E-state index >= 15 is 0 Å². The lowest BCUT2D eigenvalue weighted by molar-refractivity contribution is -0.122. The summed E-state index contributed by atoms with van der Waals surface area (Å²) in [4.78, 5) is 39.9. The Bertz CT molecular complexity index is 1150. The highest BCUT2D eigenvalue weighted by molar-refractivity contribution is 6.06. The average molecular weight is 461 g/mol. The summed E-state index contributed by atoms with van der Waals surface area (Å²) in [5, 5.41) is 8.08. The van der Waals surface area contributed by atoms with E-state index in [1.165, 1.54) is 12.0 Å². The van der Waals surface area contributed by atoms with Crippen LogP contribution in [0.4, 0.5) is 21.9 Å². The second-order valence-corrected chi connectivity index (χ2v) is 7.67. The normalized spacial score (nSPS) is 11.1. The van der Waals surface area contributed by atoms with Crippen molar-refractivity contribution in [2.45, 2.75) is 19.9 Å². The molecule has 0 radical (unpaired) electrons. The van der Waals surface area contributed by atoms with Crippen LogP contribution in [0, 0.1) is 6.92 Å². The fourth-order valence-corrected chi connectivity index (χ4v) is 3.37. The number of anilines is 3. The lowest BCUT2D eigenvalue weighted by atomic mass is 10.2. The predicted octanol–water partition coefficient (Wildman–Crippen LogP) is 4.19. The molecule has 0 bridgehead atoms. The van der Waals surface area contributed by atoms with Gasteiger partial charge in [0, 0.05) is 23.1 Å². The standard InChI is InChI=1S/C26H28N4O4/c1-18-9-7-12-21(15-18)29-26(33)27-17-24(31)30(22-13-8-14-23(16-22)34-3)19(2)25(32)28-20-10-5-4-6-11-20/h4-16,19H,17H2,1-3H3,(H,28,32)(H2,27,29,33). The Hall–Kier alpha value is -4.33. The molecule has 0 aliphatic carbocycles. The van der Waals surface area contributed by atoms with Gasteiger partial charge in [-0.1, -0.05) is 36.4 Å². The van der Waals surface area contributed by atoms with Crippen LogP contribution in [-0.4, -0.2) is 37.5 Å². The van der Waals surface area contributed by atoms with Gasteiger partial charge in [-0.3, -0.25) is 14.5 Å². The molecule has 0 heterocycles. The van der Waals surface area contributed by atoms with Crippen molar-refractivity contribution < 1.29 is 19.1 Å². The van der Waals surface area contributed by atoms with Crippen LogP contribution in [0.2, 0.25) is 0 Å². The number of rotatable bonds is 8. The van der Waals surface area contributed by atoms with Gasteiger partial charge in [0.25, 0.3) is 0 Å². The number of amides is 4. The fourth-order valence-electron chi connectivity index (χ4n) is 3.37. The van der Waals surface area contributed by atoms with Crippen LogP contribution in [0.3, 0.4) is 0 Å². The number of nitrogens with zero attached hydrogens (tertiary/aromatic N) is 1. The third-order valence-corrected chi connectivity index (χ3v) is 5.08. The number of carbonyl (C=O) groups is 3. The Labute approximate surface area is 198 Å². The van der Waals surface area contributed by atoms with E-state index in [9.17, 15) is 14.4 Å². The van der Waals surface area contributed by atoms with Gasteiger partial charge in [0.15, 0.2) is 0 Å². The molecule has 4 amide bonds. The van der Waals surface area contributed by atoms with Gasteiger partial charge in [-0.2, -0.15) is 0 Å². The number of urea groups is 1. The van der Waals surface area contributed by atoms with Gasteiger partial charge in [-0.15, -0.1) is 0 Å². The SMILES string of the molecule is COc1cccc(N(C(=O)CNC(=O)Nc2cccc(C)c2)C(C)C(=O)Nc2ccccc2)c1. The summed E-state index contributed by atoms with van der Waals surface area (Å²) in [5.74, 6) is -0.286. The van der Waals surface area contributed by atoms with Gasteiger partial charge in [-0.25, -0.2) is 4.79 Å². The van der Waals surface area contributed by atoms with Crippen molar-refractivity contribution in [1.29, 1.82) is 0 Å². The molecule has 3 aromatic carbocycles. The van der Waals surface area contributed by atoms with Gasteiger partial charge < -0.3 is 20.7 Å². The maximum Gasteiger partial charge on any atom is 0.319 e. The molecular formula is C26H28N4O4. The number of benzene rings is 3. The summed E-state index contributed by atoms with van der Waals surface area (Å²) in [5.41, 5.74) is 2.70. The molecule has 0 saturated heterocycles. The Kier molecular flexibility index (Phi) is 8.23. The van der Waals surface area contributed by atoms with E-state index < -0.39 is 18.0 Å². The number of nitrogens with one attached hydrogen (secondary N) is 3. The molecule has 0 saturated carbocycles. The van der Waals surface area contributed by atoms with Crippen LogP contribution in [0.1, 0.15) is 12.5 Å².